The Labute approximate surface area is 159 Å². The number of carboxylic acids is 1. The zero-order valence-corrected chi connectivity index (χ0v) is 15.4. The van der Waals surface area contributed by atoms with Gasteiger partial charge in [0.25, 0.3) is 5.91 Å². The zero-order chi connectivity index (χ0) is 19.8. The first-order chi connectivity index (χ1) is 12.7. The van der Waals surface area contributed by atoms with Crippen molar-refractivity contribution in [3.8, 4) is 0 Å². The van der Waals surface area contributed by atoms with E-state index in [9.17, 15) is 19.5 Å². The third-order valence-corrected chi connectivity index (χ3v) is 4.63. The Morgan fingerprint density at radius 3 is 2.74 bits per heavy atom. The molecule has 0 bridgehead atoms. The number of carbonyl (C=O) groups is 3. The summed E-state index contributed by atoms with van der Waals surface area (Å²) in [7, 11) is 0. The highest BCUT2D eigenvalue weighted by molar-refractivity contribution is 6.34. The highest BCUT2D eigenvalue weighted by Crippen LogP contribution is 2.25. The number of nitrogens with one attached hydrogen (secondary N) is 2. The highest BCUT2D eigenvalue weighted by atomic mass is 35.5. The number of hydrogen-bond donors (Lipinski definition) is 3. The number of nitrogens with zero attached hydrogens (tertiary/aromatic N) is 3. The van der Waals surface area contributed by atoms with Crippen molar-refractivity contribution in [2.24, 2.45) is 0 Å². The molecule has 142 valence electrons. The Balaban J connectivity index is 1.82. The fourth-order valence-electron chi connectivity index (χ4n) is 2.56. The molecule has 3 amide bonds. The summed E-state index contributed by atoms with van der Waals surface area (Å²) in [6.07, 6.45) is 2.78. The van der Waals surface area contributed by atoms with Gasteiger partial charge < -0.3 is 15.7 Å². The molecule has 3 N–H and O–H groups in total. The maximum atomic E-state index is 12.6. The molecule has 0 saturated carbocycles. The lowest BCUT2D eigenvalue weighted by Gasteiger charge is -2.19. The number of halogens is 1. The second-order valence-corrected chi connectivity index (χ2v) is 6.95. The Bertz CT molecular complexity index is 924. The van der Waals surface area contributed by atoms with E-state index in [0.29, 0.717) is 24.5 Å². The van der Waals surface area contributed by atoms with Crippen molar-refractivity contribution in [1.29, 1.82) is 0 Å². The van der Waals surface area contributed by atoms with Crippen LogP contribution in [0.15, 0.2) is 30.6 Å². The summed E-state index contributed by atoms with van der Waals surface area (Å²) in [5, 5.41) is 18.8. The van der Waals surface area contributed by atoms with E-state index < -0.39 is 17.4 Å². The summed E-state index contributed by atoms with van der Waals surface area (Å²) in [6, 6.07) is 4.51. The van der Waals surface area contributed by atoms with Crippen molar-refractivity contribution in [1.82, 2.24) is 15.1 Å². The van der Waals surface area contributed by atoms with Gasteiger partial charge in [-0.1, -0.05) is 11.6 Å². The smallest absolute Gasteiger partial charge is 0.331 e. The Morgan fingerprint density at radius 1 is 1.37 bits per heavy atom. The summed E-state index contributed by atoms with van der Waals surface area (Å²) < 4.78 is 1.25. The van der Waals surface area contributed by atoms with Crippen LogP contribution in [0.25, 0.3) is 0 Å². The third-order valence-electron chi connectivity index (χ3n) is 4.30. The molecule has 1 aromatic carbocycles. The van der Waals surface area contributed by atoms with E-state index in [2.05, 4.69) is 15.7 Å². The molecule has 2 heterocycles. The van der Waals surface area contributed by atoms with E-state index in [1.165, 1.54) is 41.9 Å². The second-order valence-electron chi connectivity index (χ2n) is 6.54. The quantitative estimate of drug-likeness (QED) is 0.722. The van der Waals surface area contributed by atoms with Gasteiger partial charge in [0, 0.05) is 25.0 Å². The molecule has 1 aliphatic heterocycles. The van der Waals surface area contributed by atoms with Crippen molar-refractivity contribution in [3.63, 3.8) is 0 Å². The topological polar surface area (TPSA) is 117 Å². The standard InChI is InChI=1S/C17H18ClN5O4/c1-17(2,15(25)26)23-9-10(8-20-23)21-14(24)12-7-11(3-4-13(12)18)22-6-5-19-16(22)27/h3-4,7-9H,5-6H2,1-2H3,(H,19,27)(H,21,24)(H,25,26). The van der Waals surface area contributed by atoms with Crippen LogP contribution in [0.1, 0.15) is 24.2 Å². The number of hydrogen-bond acceptors (Lipinski definition) is 4. The number of anilines is 2. The van der Waals surface area contributed by atoms with E-state index in [1.54, 1.807) is 12.1 Å². The summed E-state index contributed by atoms with van der Waals surface area (Å²) in [4.78, 5) is 37.2. The number of urea groups is 1. The number of rotatable bonds is 5. The fourth-order valence-corrected chi connectivity index (χ4v) is 2.77. The molecule has 3 rings (SSSR count). The van der Waals surface area contributed by atoms with E-state index in [0.717, 1.165) is 0 Å². The second kappa shape index (κ2) is 6.92. The molecule has 0 spiro atoms. The monoisotopic (exact) mass is 391 g/mol. The van der Waals surface area contributed by atoms with Gasteiger partial charge in [0.05, 0.1) is 22.5 Å². The molecule has 1 aromatic heterocycles. The molecule has 0 unspecified atom stereocenters. The molecule has 10 heteroatoms. The lowest BCUT2D eigenvalue weighted by Crippen LogP contribution is -2.35. The summed E-state index contributed by atoms with van der Waals surface area (Å²) in [6.45, 7) is 4.02. The minimum atomic E-state index is -1.26. The van der Waals surface area contributed by atoms with Crippen LogP contribution in [0.5, 0.6) is 0 Å². The number of benzene rings is 1. The van der Waals surface area contributed by atoms with E-state index in [1.807, 2.05) is 0 Å². The van der Waals surface area contributed by atoms with Crippen molar-refractivity contribution < 1.29 is 19.5 Å². The lowest BCUT2D eigenvalue weighted by molar-refractivity contribution is -0.146. The molecular weight excluding hydrogens is 374 g/mol. The normalized spacial score (nSPS) is 14.2. The van der Waals surface area contributed by atoms with Gasteiger partial charge in [-0.05, 0) is 32.0 Å². The zero-order valence-electron chi connectivity index (χ0n) is 14.7. The van der Waals surface area contributed by atoms with Crippen molar-refractivity contribution in [2.75, 3.05) is 23.3 Å². The summed E-state index contributed by atoms with van der Waals surface area (Å²) in [5.74, 6) is -1.54. The van der Waals surface area contributed by atoms with Crippen LogP contribution in [0, 0.1) is 0 Å². The predicted octanol–water partition coefficient (Wildman–Crippen LogP) is 2.14. The van der Waals surface area contributed by atoms with Gasteiger partial charge in [-0.2, -0.15) is 5.10 Å². The first-order valence-electron chi connectivity index (χ1n) is 8.15. The molecule has 27 heavy (non-hydrogen) atoms. The van der Waals surface area contributed by atoms with Gasteiger partial charge in [0.1, 0.15) is 0 Å². The lowest BCUT2D eigenvalue weighted by atomic mass is 10.1. The van der Waals surface area contributed by atoms with Crippen LogP contribution in [0.2, 0.25) is 5.02 Å². The fraction of sp³-hybridized carbons (Fsp3) is 0.294. The van der Waals surface area contributed by atoms with Gasteiger partial charge in [0.15, 0.2) is 5.54 Å². The first-order valence-corrected chi connectivity index (χ1v) is 8.53. The van der Waals surface area contributed by atoms with Crippen molar-refractivity contribution in [3.05, 3.63) is 41.2 Å². The highest BCUT2D eigenvalue weighted by Gasteiger charge is 2.30. The Kier molecular flexibility index (Phi) is 4.79. The van der Waals surface area contributed by atoms with Crippen molar-refractivity contribution >= 4 is 40.9 Å². The molecule has 1 aliphatic rings. The molecule has 1 fully saturated rings. The van der Waals surface area contributed by atoms with E-state index >= 15 is 0 Å². The van der Waals surface area contributed by atoms with Gasteiger partial charge in [0.2, 0.25) is 0 Å². The van der Waals surface area contributed by atoms with Crippen LogP contribution in [0.3, 0.4) is 0 Å². The minimum Gasteiger partial charge on any atom is -0.479 e. The molecule has 9 nitrogen and oxygen atoms in total. The van der Waals surface area contributed by atoms with Crippen LogP contribution < -0.4 is 15.5 Å². The SMILES string of the molecule is CC(C)(C(=O)O)n1cc(NC(=O)c2cc(N3CCNC3=O)ccc2Cl)cn1. The molecule has 2 aromatic rings. The van der Waals surface area contributed by atoms with Gasteiger partial charge in [-0.15, -0.1) is 0 Å². The predicted molar refractivity (Wildman–Crippen MR) is 99.3 cm³/mol. The molecule has 0 radical (unpaired) electrons. The molecule has 0 aliphatic carbocycles. The van der Waals surface area contributed by atoms with Crippen LogP contribution in [-0.2, 0) is 10.3 Å². The van der Waals surface area contributed by atoms with E-state index in [-0.39, 0.29) is 16.6 Å². The molecular formula is C17H18ClN5O4. The van der Waals surface area contributed by atoms with E-state index in [4.69, 9.17) is 11.6 Å². The summed E-state index contributed by atoms with van der Waals surface area (Å²) >= 11 is 6.14. The maximum absolute atomic E-state index is 12.6. The van der Waals surface area contributed by atoms with Crippen molar-refractivity contribution in [2.45, 2.75) is 19.4 Å². The van der Waals surface area contributed by atoms with Crippen LogP contribution in [-0.4, -0.2) is 45.9 Å². The van der Waals surface area contributed by atoms with Gasteiger partial charge >= 0.3 is 12.0 Å². The number of aromatic nitrogens is 2. The Hall–Kier alpha value is -3.07. The van der Waals surface area contributed by atoms with Crippen LogP contribution in [0.4, 0.5) is 16.2 Å². The van der Waals surface area contributed by atoms with Gasteiger partial charge in [-0.25, -0.2) is 9.59 Å². The van der Waals surface area contributed by atoms with Crippen LogP contribution >= 0.6 is 11.6 Å². The number of carboxylic acid groups (broad SMARTS) is 1. The maximum Gasteiger partial charge on any atom is 0.331 e. The number of carbonyl (C=O) groups excluding carboxylic acids is 2. The first kappa shape index (κ1) is 18.7. The Morgan fingerprint density at radius 2 is 2.11 bits per heavy atom. The van der Waals surface area contributed by atoms with Gasteiger partial charge in [-0.3, -0.25) is 14.4 Å². The molecule has 0 atom stereocenters. The largest absolute Gasteiger partial charge is 0.479 e. The number of aliphatic carboxylic acids is 1. The average molecular weight is 392 g/mol. The third kappa shape index (κ3) is 3.59. The summed E-state index contributed by atoms with van der Waals surface area (Å²) in [5.41, 5.74) is -0.181. The average Bonchev–Trinajstić information content (AvgIpc) is 3.24. The molecule has 1 saturated heterocycles. The number of amides is 3. The minimum absolute atomic E-state index is 0.194.